The van der Waals surface area contributed by atoms with Gasteiger partial charge < -0.3 is 5.32 Å². The number of aryl methyl sites for hydroxylation is 2. The van der Waals surface area contributed by atoms with Crippen molar-refractivity contribution in [3.05, 3.63) is 39.3 Å². The molecule has 0 saturated heterocycles. The van der Waals surface area contributed by atoms with E-state index in [0.29, 0.717) is 6.04 Å². The lowest BCUT2D eigenvalue weighted by Crippen LogP contribution is -2.13. The maximum absolute atomic E-state index is 4.52. The van der Waals surface area contributed by atoms with Crippen LogP contribution in [0.5, 0.6) is 0 Å². The third kappa shape index (κ3) is 3.21. The molecular formula is C14H21N3S. The lowest BCUT2D eigenvalue weighted by atomic mass is 10.3. The third-order valence-corrected chi connectivity index (χ3v) is 4.17. The minimum atomic E-state index is 0.432. The number of nitrogens with zero attached hydrogens (tertiary/aromatic N) is 2. The second-order valence-electron chi connectivity index (χ2n) is 4.94. The summed E-state index contributed by atoms with van der Waals surface area (Å²) in [6.07, 6.45) is 2.04. The second kappa shape index (κ2) is 5.67. The Morgan fingerprint density at radius 1 is 1.33 bits per heavy atom. The number of hydrogen-bond donors (Lipinski definition) is 1. The zero-order valence-electron chi connectivity index (χ0n) is 11.5. The molecule has 0 spiro atoms. The lowest BCUT2D eigenvalue weighted by Gasteiger charge is -2.04. The molecule has 2 heterocycles. The summed E-state index contributed by atoms with van der Waals surface area (Å²) in [5.74, 6) is 0. The van der Waals surface area contributed by atoms with Crippen molar-refractivity contribution in [3.8, 4) is 0 Å². The Morgan fingerprint density at radius 3 is 2.67 bits per heavy atom. The zero-order chi connectivity index (χ0) is 13.1. The highest BCUT2D eigenvalue weighted by molar-refractivity contribution is 7.12. The van der Waals surface area contributed by atoms with Crippen LogP contribution in [0, 0.1) is 13.8 Å². The average molecular weight is 263 g/mol. The van der Waals surface area contributed by atoms with Crippen molar-refractivity contribution < 1.29 is 0 Å². The summed E-state index contributed by atoms with van der Waals surface area (Å²) in [5.41, 5.74) is 2.49. The van der Waals surface area contributed by atoms with Crippen LogP contribution in [0.3, 0.4) is 0 Å². The molecule has 1 N–H and O–H groups in total. The van der Waals surface area contributed by atoms with Crippen molar-refractivity contribution in [1.82, 2.24) is 15.1 Å². The van der Waals surface area contributed by atoms with Crippen LogP contribution in [0.4, 0.5) is 0 Å². The predicted molar refractivity (Wildman–Crippen MR) is 76.9 cm³/mol. The molecule has 2 aromatic rings. The molecule has 18 heavy (non-hydrogen) atoms. The highest BCUT2D eigenvalue weighted by atomic mass is 32.1. The average Bonchev–Trinajstić information content (AvgIpc) is 2.88. The number of hydrogen-bond acceptors (Lipinski definition) is 3. The molecule has 0 aromatic carbocycles. The number of nitrogens with one attached hydrogen (secondary N) is 1. The van der Waals surface area contributed by atoms with E-state index in [1.54, 1.807) is 0 Å². The molecule has 0 amide bonds. The van der Waals surface area contributed by atoms with Crippen molar-refractivity contribution in [3.63, 3.8) is 0 Å². The van der Waals surface area contributed by atoms with Crippen LogP contribution in [0.25, 0.3) is 0 Å². The Hall–Kier alpha value is -1.13. The van der Waals surface area contributed by atoms with Crippen molar-refractivity contribution >= 4 is 11.3 Å². The van der Waals surface area contributed by atoms with Crippen LogP contribution in [0.15, 0.2) is 18.3 Å². The van der Waals surface area contributed by atoms with Crippen molar-refractivity contribution in [2.24, 2.45) is 0 Å². The van der Waals surface area contributed by atoms with Gasteiger partial charge in [0.25, 0.3) is 0 Å². The summed E-state index contributed by atoms with van der Waals surface area (Å²) in [7, 11) is 0. The molecule has 2 rings (SSSR count). The summed E-state index contributed by atoms with van der Waals surface area (Å²) in [6, 6.07) is 4.78. The minimum absolute atomic E-state index is 0.432. The van der Waals surface area contributed by atoms with Crippen LogP contribution < -0.4 is 5.32 Å². The van der Waals surface area contributed by atoms with E-state index in [0.717, 1.165) is 18.8 Å². The van der Waals surface area contributed by atoms with E-state index >= 15 is 0 Å². The van der Waals surface area contributed by atoms with Gasteiger partial charge in [0.2, 0.25) is 0 Å². The fraction of sp³-hybridized carbons (Fsp3) is 0.500. The van der Waals surface area contributed by atoms with E-state index in [1.165, 1.54) is 15.3 Å². The van der Waals surface area contributed by atoms with Crippen LogP contribution >= 0.6 is 11.3 Å². The lowest BCUT2D eigenvalue weighted by molar-refractivity contribution is 0.521. The maximum atomic E-state index is 4.52. The minimum Gasteiger partial charge on any atom is -0.306 e. The Bertz CT molecular complexity index is 491. The first-order chi connectivity index (χ1) is 8.56. The van der Waals surface area contributed by atoms with Gasteiger partial charge in [-0.2, -0.15) is 5.10 Å². The highest BCUT2D eigenvalue weighted by Gasteiger charge is 2.03. The van der Waals surface area contributed by atoms with Crippen LogP contribution in [-0.4, -0.2) is 9.78 Å². The molecule has 0 unspecified atom stereocenters. The second-order valence-corrected chi connectivity index (χ2v) is 6.28. The van der Waals surface area contributed by atoms with Gasteiger partial charge in [-0.05, 0) is 45.4 Å². The number of aromatic nitrogens is 2. The van der Waals surface area contributed by atoms with Gasteiger partial charge in [-0.15, -0.1) is 11.3 Å². The summed E-state index contributed by atoms with van der Waals surface area (Å²) in [5, 5.41) is 7.97. The first kappa shape index (κ1) is 13.3. The van der Waals surface area contributed by atoms with Gasteiger partial charge >= 0.3 is 0 Å². The monoisotopic (exact) mass is 263 g/mol. The molecule has 0 aliphatic carbocycles. The van der Waals surface area contributed by atoms with Crippen LogP contribution in [0.2, 0.25) is 0 Å². The van der Waals surface area contributed by atoms with Gasteiger partial charge in [0.05, 0.1) is 5.69 Å². The molecule has 4 heteroatoms. The van der Waals surface area contributed by atoms with Gasteiger partial charge in [0.1, 0.15) is 0 Å². The predicted octanol–water partition coefficient (Wildman–Crippen LogP) is 3.43. The van der Waals surface area contributed by atoms with Crippen LogP contribution in [0.1, 0.15) is 40.9 Å². The molecule has 0 radical (unpaired) electrons. The van der Waals surface area contributed by atoms with Crippen molar-refractivity contribution in [2.45, 2.75) is 46.8 Å². The number of rotatable bonds is 5. The number of thiophene rings is 1. The van der Waals surface area contributed by atoms with E-state index in [2.05, 4.69) is 50.2 Å². The van der Waals surface area contributed by atoms with E-state index < -0.39 is 0 Å². The summed E-state index contributed by atoms with van der Waals surface area (Å²) >= 11 is 1.87. The molecule has 0 aliphatic rings. The molecule has 0 atom stereocenters. The molecule has 0 fully saturated rings. The molecule has 0 aliphatic heterocycles. The summed E-state index contributed by atoms with van der Waals surface area (Å²) in [4.78, 5) is 2.81. The molecule has 3 nitrogen and oxygen atoms in total. The normalized spacial score (nSPS) is 11.4. The zero-order valence-corrected chi connectivity index (χ0v) is 12.3. The smallest absolute Gasteiger partial charge is 0.0762 e. The first-order valence-electron chi connectivity index (χ1n) is 6.37. The fourth-order valence-electron chi connectivity index (χ4n) is 1.81. The molecule has 2 aromatic heterocycles. The Balaban J connectivity index is 1.84. The Labute approximate surface area is 113 Å². The van der Waals surface area contributed by atoms with Gasteiger partial charge in [0.15, 0.2) is 0 Å². The van der Waals surface area contributed by atoms with E-state index in [1.807, 2.05) is 22.2 Å². The van der Waals surface area contributed by atoms with Gasteiger partial charge in [-0.25, -0.2) is 0 Å². The third-order valence-electron chi connectivity index (χ3n) is 3.02. The SMILES string of the molecule is Cc1cc(CNCc2ccn(C(C)C)n2)sc1C. The van der Waals surface area contributed by atoms with Crippen LogP contribution in [-0.2, 0) is 13.1 Å². The summed E-state index contributed by atoms with van der Waals surface area (Å²) in [6.45, 7) is 10.4. The van der Waals surface area contributed by atoms with Gasteiger partial charge in [-0.1, -0.05) is 0 Å². The van der Waals surface area contributed by atoms with Crippen molar-refractivity contribution in [2.75, 3.05) is 0 Å². The van der Waals surface area contributed by atoms with E-state index in [4.69, 9.17) is 0 Å². The van der Waals surface area contributed by atoms with E-state index in [9.17, 15) is 0 Å². The van der Waals surface area contributed by atoms with E-state index in [-0.39, 0.29) is 0 Å². The standard InChI is InChI=1S/C14H21N3S/c1-10(2)17-6-5-13(16-17)8-15-9-14-7-11(3)12(4)18-14/h5-7,10,15H,8-9H2,1-4H3. The topological polar surface area (TPSA) is 29.9 Å². The molecule has 98 valence electrons. The van der Waals surface area contributed by atoms with Gasteiger partial charge in [0, 0.05) is 35.1 Å². The quantitative estimate of drug-likeness (QED) is 0.895. The largest absolute Gasteiger partial charge is 0.306 e. The maximum Gasteiger partial charge on any atom is 0.0762 e. The Kier molecular flexibility index (Phi) is 4.19. The molecular weight excluding hydrogens is 242 g/mol. The summed E-state index contributed by atoms with van der Waals surface area (Å²) < 4.78 is 2.00. The molecule has 0 bridgehead atoms. The Morgan fingerprint density at radius 2 is 2.11 bits per heavy atom. The molecule has 0 saturated carbocycles. The first-order valence-corrected chi connectivity index (χ1v) is 7.18. The highest BCUT2D eigenvalue weighted by Crippen LogP contribution is 2.20. The fourth-order valence-corrected chi connectivity index (χ4v) is 2.83. The van der Waals surface area contributed by atoms with Gasteiger partial charge in [-0.3, -0.25) is 4.68 Å². The van der Waals surface area contributed by atoms with Crippen molar-refractivity contribution in [1.29, 1.82) is 0 Å².